The summed E-state index contributed by atoms with van der Waals surface area (Å²) < 4.78 is 17.3. The summed E-state index contributed by atoms with van der Waals surface area (Å²) in [6.45, 7) is 10.6. The van der Waals surface area contributed by atoms with Gasteiger partial charge in [-0.2, -0.15) is 0 Å². The molecule has 0 N–H and O–H groups in total. The predicted octanol–water partition coefficient (Wildman–Crippen LogP) is 4.03. The highest BCUT2D eigenvalue weighted by Crippen LogP contribution is 2.51. The Bertz CT molecular complexity index is 843. The Kier molecular flexibility index (Phi) is 4.92. The van der Waals surface area contributed by atoms with Crippen molar-refractivity contribution >= 4 is 14.3 Å². The maximum Gasteiger partial charge on any atom is 0.394 e. The molecule has 0 amide bonds. The normalized spacial score (nSPS) is 27.2. The molecule has 1 aliphatic heterocycles. The number of hydrogen-bond acceptors (Lipinski definition) is 6. The molecule has 28 heavy (non-hydrogen) atoms. The number of carbonyl (C=O) groups excluding carboxylic acids is 1. The molecule has 2 aliphatic rings. The van der Waals surface area contributed by atoms with Crippen molar-refractivity contribution < 1.29 is 23.6 Å². The number of hydrogen-bond donors (Lipinski definition) is 0. The maximum atomic E-state index is 12.9. The Labute approximate surface area is 165 Å². The van der Waals surface area contributed by atoms with Crippen LogP contribution in [0.4, 0.5) is 0 Å². The molecule has 1 heterocycles. The molecule has 0 radical (unpaired) electrons. The van der Waals surface area contributed by atoms with Crippen LogP contribution < -0.4 is 4.74 Å². The lowest BCUT2D eigenvalue weighted by molar-refractivity contribution is -0.571. The summed E-state index contributed by atoms with van der Waals surface area (Å²) in [6.07, 6.45) is 0.760. The van der Waals surface area contributed by atoms with E-state index in [9.17, 15) is 14.9 Å². The van der Waals surface area contributed by atoms with Crippen molar-refractivity contribution in [3.8, 4) is 5.75 Å². The van der Waals surface area contributed by atoms with Gasteiger partial charge in [-0.1, -0.05) is 39.0 Å². The zero-order chi connectivity index (χ0) is 20.9. The van der Waals surface area contributed by atoms with E-state index in [1.165, 1.54) is 7.11 Å². The van der Waals surface area contributed by atoms with Crippen LogP contribution in [0, 0.1) is 10.1 Å². The first-order valence-electron chi connectivity index (χ1n) is 9.33. The van der Waals surface area contributed by atoms with Crippen LogP contribution in [0.1, 0.15) is 38.7 Å². The zero-order valence-corrected chi connectivity index (χ0v) is 18.1. The van der Waals surface area contributed by atoms with Crippen molar-refractivity contribution in [3.05, 3.63) is 51.8 Å². The summed E-state index contributed by atoms with van der Waals surface area (Å²) in [5, 5.41) is 12.2. The first-order chi connectivity index (χ1) is 12.9. The van der Waals surface area contributed by atoms with Crippen molar-refractivity contribution in [2.45, 2.75) is 62.9 Å². The molecule has 1 aromatic carbocycles. The highest BCUT2D eigenvalue weighted by atomic mass is 28.4. The van der Waals surface area contributed by atoms with Gasteiger partial charge in [-0.05, 0) is 30.3 Å². The largest absolute Gasteiger partial charge is 0.547 e. The van der Waals surface area contributed by atoms with Crippen LogP contribution in [-0.4, -0.2) is 38.0 Å². The van der Waals surface area contributed by atoms with Crippen molar-refractivity contribution in [1.82, 2.24) is 0 Å². The van der Waals surface area contributed by atoms with Crippen molar-refractivity contribution in [2.24, 2.45) is 0 Å². The average Bonchev–Trinajstić information content (AvgIpc) is 2.59. The summed E-state index contributed by atoms with van der Waals surface area (Å²) in [5.74, 6) is -0.617. The van der Waals surface area contributed by atoms with Gasteiger partial charge in [0.1, 0.15) is 5.75 Å². The third-order valence-corrected chi connectivity index (χ3v) is 10.7. The van der Waals surface area contributed by atoms with Crippen LogP contribution in [0.3, 0.4) is 0 Å². The van der Waals surface area contributed by atoms with Gasteiger partial charge in [0, 0.05) is 24.0 Å². The van der Waals surface area contributed by atoms with Crippen LogP contribution in [0.2, 0.25) is 18.1 Å². The number of esters is 1. The van der Waals surface area contributed by atoms with Crippen molar-refractivity contribution in [2.75, 3.05) is 7.11 Å². The first-order valence-corrected chi connectivity index (χ1v) is 12.2. The second-order valence-electron chi connectivity index (χ2n) is 8.92. The van der Waals surface area contributed by atoms with E-state index in [1.807, 2.05) is 0 Å². The van der Waals surface area contributed by atoms with Crippen LogP contribution >= 0.6 is 0 Å². The first kappa shape index (κ1) is 20.5. The monoisotopic (exact) mass is 405 g/mol. The third kappa shape index (κ3) is 2.95. The van der Waals surface area contributed by atoms with E-state index in [1.54, 1.807) is 30.3 Å². The van der Waals surface area contributed by atoms with E-state index >= 15 is 0 Å². The van der Waals surface area contributed by atoms with E-state index in [4.69, 9.17) is 13.9 Å². The molecule has 1 aliphatic carbocycles. The minimum absolute atomic E-state index is 0.0303. The Morgan fingerprint density at radius 1 is 1.29 bits per heavy atom. The highest BCUT2D eigenvalue weighted by molar-refractivity contribution is 6.74. The molecule has 0 saturated carbocycles. The quantitative estimate of drug-likeness (QED) is 0.247. The van der Waals surface area contributed by atoms with E-state index in [0.29, 0.717) is 17.1 Å². The molecule has 1 unspecified atom stereocenters. The van der Waals surface area contributed by atoms with Gasteiger partial charge in [-0.3, -0.25) is 10.1 Å². The smallest absolute Gasteiger partial charge is 0.394 e. The van der Waals surface area contributed by atoms with Gasteiger partial charge in [-0.25, -0.2) is 4.79 Å². The second kappa shape index (κ2) is 6.70. The van der Waals surface area contributed by atoms with Gasteiger partial charge >= 0.3 is 11.5 Å². The Morgan fingerprint density at radius 2 is 1.93 bits per heavy atom. The number of carbonyl (C=O) groups is 1. The van der Waals surface area contributed by atoms with Gasteiger partial charge in [0.25, 0.3) is 0 Å². The van der Waals surface area contributed by atoms with E-state index < -0.39 is 36.8 Å². The lowest BCUT2D eigenvalue weighted by Gasteiger charge is -2.44. The van der Waals surface area contributed by atoms with Crippen molar-refractivity contribution in [3.63, 3.8) is 0 Å². The van der Waals surface area contributed by atoms with Crippen LogP contribution in [0.25, 0.3) is 0 Å². The minimum atomic E-state index is -2.16. The predicted molar refractivity (Wildman–Crippen MR) is 106 cm³/mol. The third-order valence-electron chi connectivity index (χ3n) is 6.28. The second-order valence-corrected chi connectivity index (χ2v) is 13.6. The van der Waals surface area contributed by atoms with Gasteiger partial charge in [0.05, 0.1) is 11.7 Å². The fourth-order valence-corrected chi connectivity index (χ4v) is 4.79. The number of methoxy groups -OCH3 is 1. The molecule has 152 valence electrons. The molecular formula is C20H27NO6Si. The summed E-state index contributed by atoms with van der Waals surface area (Å²) in [5.41, 5.74) is -1.39. The SMILES string of the molecule is COC1C=C(O[Si](C)(C)C(C)(C)C)C[C@@H]2c3ccccc3OC(=O)[C@]12[N+](=O)[O-]. The molecule has 0 bridgehead atoms. The van der Waals surface area contributed by atoms with Crippen LogP contribution in [0.15, 0.2) is 36.1 Å². The Morgan fingerprint density at radius 3 is 2.50 bits per heavy atom. The number of allylic oxidation sites excluding steroid dienone is 1. The molecule has 0 spiro atoms. The van der Waals surface area contributed by atoms with Gasteiger partial charge in [0.15, 0.2) is 6.10 Å². The molecule has 1 aromatic rings. The Balaban J connectivity index is 2.14. The number of ether oxygens (including phenoxy) is 2. The lowest BCUT2D eigenvalue weighted by atomic mass is 9.69. The maximum absolute atomic E-state index is 12.9. The molecule has 3 rings (SSSR count). The van der Waals surface area contributed by atoms with Gasteiger partial charge < -0.3 is 13.9 Å². The standard InChI is InChI=1S/C20H27NO6Si/c1-19(2,3)28(5,6)27-13-11-15-14-9-7-8-10-16(14)26-18(22)20(15,21(23)24)17(12-13)25-4/h7-10,12,15,17H,11H2,1-6H3/t15-,17?,20-/m1/s1. The average molecular weight is 406 g/mol. The molecular weight excluding hydrogens is 378 g/mol. The number of rotatable bonds is 4. The number of benzene rings is 1. The Hall–Kier alpha value is -2.19. The summed E-state index contributed by atoms with van der Waals surface area (Å²) in [4.78, 5) is 24.5. The molecule has 7 nitrogen and oxygen atoms in total. The summed E-state index contributed by atoms with van der Waals surface area (Å²) in [7, 11) is -0.794. The molecule has 0 saturated heterocycles. The van der Waals surface area contributed by atoms with E-state index in [2.05, 4.69) is 33.9 Å². The fourth-order valence-electron chi connectivity index (χ4n) is 3.68. The minimum Gasteiger partial charge on any atom is -0.547 e. The van der Waals surface area contributed by atoms with E-state index in [-0.39, 0.29) is 11.5 Å². The molecule has 0 fully saturated rings. The number of para-hydroxylation sites is 1. The summed E-state index contributed by atoms with van der Waals surface area (Å²) >= 11 is 0. The molecule has 0 aromatic heterocycles. The van der Waals surface area contributed by atoms with Crippen molar-refractivity contribution in [1.29, 1.82) is 0 Å². The molecule has 8 heteroatoms. The number of fused-ring (bicyclic) bond motifs is 3. The molecule has 3 atom stereocenters. The highest BCUT2D eigenvalue weighted by Gasteiger charge is 2.69. The van der Waals surface area contributed by atoms with Crippen LogP contribution in [0.5, 0.6) is 5.75 Å². The van der Waals surface area contributed by atoms with E-state index in [0.717, 1.165) is 0 Å². The zero-order valence-electron chi connectivity index (χ0n) is 17.1. The topological polar surface area (TPSA) is 87.9 Å². The van der Waals surface area contributed by atoms with Crippen LogP contribution in [-0.2, 0) is 14.0 Å². The summed E-state index contributed by atoms with van der Waals surface area (Å²) in [6, 6.07) is 6.96. The van der Waals surface area contributed by atoms with Gasteiger partial charge in [-0.15, -0.1) is 0 Å². The number of nitrogens with zero attached hydrogens (tertiary/aromatic N) is 1. The van der Waals surface area contributed by atoms with Gasteiger partial charge in [0.2, 0.25) is 8.32 Å². The fraction of sp³-hybridized carbons (Fsp3) is 0.550. The lowest BCUT2D eigenvalue weighted by Crippen LogP contribution is -2.64. The number of nitro groups is 1.